The van der Waals surface area contributed by atoms with Gasteiger partial charge < -0.3 is 10.1 Å². The number of hydrogen-bond acceptors (Lipinski definition) is 7. The van der Waals surface area contributed by atoms with Crippen molar-refractivity contribution in [1.82, 2.24) is 14.8 Å². The summed E-state index contributed by atoms with van der Waals surface area (Å²) >= 11 is 6.90. The minimum Gasteiger partial charge on any atom is -0.462 e. The molecule has 1 amide bonds. The molecule has 2 aromatic heterocycles. The Morgan fingerprint density at radius 2 is 1.93 bits per heavy atom. The molecule has 3 aromatic rings. The smallest absolute Gasteiger partial charge is 0.350 e. The first-order valence-corrected chi connectivity index (χ1v) is 9.85. The zero-order valence-corrected chi connectivity index (χ0v) is 17.2. The summed E-state index contributed by atoms with van der Waals surface area (Å²) < 4.78 is 6.02. The quantitative estimate of drug-likeness (QED) is 0.600. The van der Waals surface area contributed by atoms with Gasteiger partial charge in [-0.2, -0.15) is 5.10 Å². The number of carbonyl (C=O) groups excluding carboxylic acids is 2. The molecule has 2 heterocycles. The number of amides is 1. The van der Waals surface area contributed by atoms with Gasteiger partial charge in [-0.3, -0.25) is 9.59 Å². The van der Waals surface area contributed by atoms with Crippen molar-refractivity contribution in [2.45, 2.75) is 20.4 Å². The molecular formula is C19H17ClN4O4S. The standard InChI is InChI=1S/C19H17ClN4O4S/c1-3-28-18(27)17-11(2)21-19(29-17)22-15(25)10-24-16(26)9-8-14(23-24)12-4-6-13(20)7-5-12/h4-9H,3,10H2,1-2H3,(H,21,22,25). The molecule has 0 aliphatic carbocycles. The van der Waals surface area contributed by atoms with Crippen LogP contribution in [0.2, 0.25) is 5.02 Å². The van der Waals surface area contributed by atoms with Gasteiger partial charge in [-0.15, -0.1) is 0 Å². The molecule has 1 aromatic carbocycles. The largest absolute Gasteiger partial charge is 0.462 e. The number of anilines is 1. The van der Waals surface area contributed by atoms with E-state index in [9.17, 15) is 14.4 Å². The molecule has 10 heteroatoms. The van der Waals surface area contributed by atoms with Crippen LogP contribution in [-0.4, -0.2) is 33.2 Å². The Kier molecular flexibility index (Phi) is 6.40. The summed E-state index contributed by atoms with van der Waals surface area (Å²) in [6, 6.07) is 9.90. The van der Waals surface area contributed by atoms with E-state index < -0.39 is 17.4 Å². The highest BCUT2D eigenvalue weighted by atomic mass is 35.5. The molecule has 0 saturated carbocycles. The Morgan fingerprint density at radius 3 is 2.62 bits per heavy atom. The highest BCUT2D eigenvalue weighted by molar-refractivity contribution is 7.17. The fourth-order valence-electron chi connectivity index (χ4n) is 2.47. The van der Waals surface area contributed by atoms with E-state index in [-0.39, 0.29) is 18.3 Å². The maximum absolute atomic E-state index is 12.4. The molecule has 0 spiro atoms. The molecule has 0 aliphatic heterocycles. The van der Waals surface area contributed by atoms with E-state index in [1.165, 1.54) is 6.07 Å². The van der Waals surface area contributed by atoms with Crippen LogP contribution in [0.25, 0.3) is 11.3 Å². The first kappa shape index (κ1) is 20.7. The maximum atomic E-state index is 12.4. The van der Waals surface area contributed by atoms with Crippen molar-refractivity contribution in [2.24, 2.45) is 0 Å². The Hall–Kier alpha value is -3.04. The zero-order valence-electron chi connectivity index (χ0n) is 15.6. The average Bonchev–Trinajstić information content (AvgIpc) is 3.04. The molecule has 0 atom stereocenters. The van der Waals surface area contributed by atoms with Crippen LogP contribution in [0.1, 0.15) is 22.3 Å². The predicted molar refractivity (Wildman–Crippen MR) is 110 cm³/mol. The van der Waals surface area contributed by atoms with Crippen LogP contribution in [0, 0.1) is 6.92 Å². The number of esters is 1. The summed E-state index contributed by atoms with van der Waals surface area (Å²) in [5, 5.41) is 7.66. The number of aryl methyl sites for hydroxylation is 1. The van der Waals surface area contributed by atoms with Gasteiger partial charge in [0, 0.05) is 16.7 Å². The van der Waals surface area contributed by atoms with Gasteiger partial charge in [0.25, 0.3) is 5.56 Å². The highest BCUT2D eigenvalue weighted by Crippen LogP contribution is 2.23. The van der Waals surface area contributed by atoms with Crippen molar-refractivity contribution in [1.29, 1.82) is 0 Å². The number of carbonyl (C=O) groups is 2. The lowest BCUT2D eigenvalue weighted by Crippen LogP contribution is -2.29. The monoisotopic (exact) mass is 432 g/mol. The lowest BCUT2D eigenvalue weighted by Gasteiger charge is -2.07. The summed E-state index contributed by atoms with van der Waals surface area (Å²) in [6.45, 7) is 3.31. The lowest BCUT2D eigenvalue weighted by molar-refractivity contribution is -0.117. The van der Waals surface area contributed by atoms with Gasteiger partial charge in [0.2, 0.25) is 5.91 Å². The summed E-state index contributed by atoms with van der Waals surface area (Å²) in [5.41, 5.74) is 1.34. The zero-order chi connectivity index (χ0) is 21.0. The normalized spacial score (nSPS) is 10.6. The Labute approximate surface area is 175 Å². The molecule has 1 N–H and O–H groups in total. The van der Waals surface area contributed by atoms with Crippen molar-refractivity contribution < 1.29 is 14.3 Å². The minimum absolute atomic E-state index is 0.246. The second-order valence-electron chi connectivity index (χ2n) is 5.92. The van der Waals surface area contributed by atoms with E-state index in [2.05, 4.69) is 15.4 Å². The first-order valence-electron chi connectivity index (χ1n) is 8.66. The molecule has 150 valence electrons. The first-order chi connectivity index (χ1) is 13.9. The fraction of sp³-hybridized carbons (Fsp3) is 0.211. The number of benzene rings is 1. The van der Waals surface area contributed by atoms with Gasteiger partial charge in [0.1, 0.15) is 11.4 Å². The second-order valence-corrected chi connectivity index (χ2v) is 7.36. The van der Waals surface area contributed by atoms with E-state index in [0.29, 0.717) is 21.3 Å². The van der Waals surface area contributed by atoms with E-state index in [4.69, 9.17) is 16.3 Å². The number of hydrogen-bond donors (Lipinski definition) is 1. The molecule has 0 unspecified atom stereocenters. The summed E-state index contributed by atoms with van der Waals surface area (Å²) in [6.07, 6.45) is 0. The maximum Gasteiger partial charge on any atom is 0.350 e. The molecule has 0 radical (unpaired) electrons. The number of aromatic nitrogens is 3. The van der Waals surface area contributed by atoms with Gasteiger partial charge >= 0.3 is 5.97 Å². The van der Waals surface area contributed by atoms with Gasteiger partial charge in [-0.05, 0) is 32.0 Å². The molecule has 0 saturated heterocycles. The van der Waals surface area contributed by atoms with E-state index in [0.717, 1.165) is 21.6 Å². The Balaban J connectivity index is 1.75. The molecule has 0 aliphatic rings. The van der Waals surface area contributed by atoms with Crippen molar-refractivity contribution in [3.8, 4) is 11.3 Å². The number of nitrogens with one attached hydrogen (secondary N) is 1. The number of rotatable bonds is 6. The fourth-order valence-corrected chi connectivity index (χ4v) is 3.47. The molecule has 0 fully saturated rings. The van der Waals surface area contributed by atoms with Crippen LogP contribution in [-0.2, 0) is 16.1 Å². The number of thiazole rings is 1. The second kappa shape index (κ2) is 8.97. The van der Waals surface area contributed by atoms with Crippen molar-refractivity contribution in [3.63, 3.8) is 0 Å². The molecule has 0 bridgehead atoms. The molecule has 29 heavy (non-hydrogen) atoms. The summed E-state index contributed by atoms with van der Waals surface area (Å²) in [7, 11) is 0. The highest BCUT2D eigenvalue weighted by Gasteiger charge is 2.18. The molecule has 3 rings (SSSR count). The van der Waals surface area contributed by atoms with Crippen LogP contribution >= 0.6 is 22.9 Å². The van der Waals surface area contributed by atoms with Gasteiger partial charge in [0.05, 0.1) is 18.0 Å². The van der Waals surface area contributed by atoms with Crippen molar-refractivity contribution in [2.75, 3.05) is 11.9 Å². The molecular weight excluding hydrogens is 416 g/mol. The van der Waals surface area contributed by atoms with E-state index in [1.807, 2.05) is 0 Å². The van der Waals surface area contributed by atoms with E-state index >= 15 is 0 Å². The number of halogens is 1. The van der Waals surface area contributed by atoms with Crippen LogP contribution in [0.5, 0.6) is 0 Å². The van der Waals surface area contributed by atoms with Crippen LogP contribution in [0.15, 0.2) is 41.2 Å². The lowest BCUT2D eigenvalue weighted by atomic mass is 10.1. The molecule has 8 nitrogen and oxygen atoms in total. The van der Waals surface area contributed by atoms with Gasteiger partial charge in [0.15, 0.2) is 5.13 Å². The van der Waals surface area contributed by atoms with Crippen LogP contribution in [0.4, 0.5) is 5.13 Å². The topological polar surface area (TPSA) is 103 Å². The summed E-state index contributed by atoms with van der Waals surface area (Å²) in [4.78, 5) is 40.8. The van der Waals surface area contributed by atoms with Crippen molar-refractivity contribution >= 4 is 39.9 Å². The van der Waals surface area contributed by atoms with Crippen molar-refractivity contribution in [3.05, 3.63) is 62.3 Å². The average molecular weight is 433 g/mol. The predicted octanol–water partition coefficient (Wildman–Crippen LogP) is 3.14. The van der Waals surface area contributed by atoms with Crippen LogP contribution < -0.4 is 10.9 Å². The van der Waals surface area contributed by atoms with Gasteiger partial charge in [-0.25, -0.2) is 14.5 Å². The number of ether oxygens (including phenoxy) is 1. The summed E-state index contributed by atoms with van der Waals surface area (Å²) in [5.74, 6) is -0.978. The third-order valence-electron chi connectivity index (χ3n) is 3.80. The third-order valence-corrected chi connectivity index (χ3v) is 5.11. The SMILES string of the molecule is CCOC(=O)c1sc(NC(=O)Cn2nc(-c3ccc(Cl)cc3)ccc2=O)nc1C. The van der Waals surface area contributed by atoms with E-state index in [1.54, 1.807) is 44.2 Å². The number of nitrogens with zero attached hydrogens (tertiary/aromatic N) is 3. The van der Waals surface area contributed by atoms with Gasteiger partial charge in [-0.1, -0.05) is 35.1 Å². The Morgan fingerprint density at radius 1 is 1.21 bits per heavy atom. The van der Waals surface area contributed by atoms with Crippen LogP contribution in [0.3, 0.4) is 0 Å². The third kappa shape index (κ3) is 5.07. The minimum atomic E-state index is -0.489. The Bertz CT molecular complexity index is 1110.